The molecule has 0 bridgehead atoms. The maximum atomic E-state index is 11.8. The van der Waals surface area contributed by atoms with E-state index >= 15 is 0 Å². The van der Waals surface area contributed by atoms with Crippen molar-refractivity contribution in [3.63, 3.8) is 0 Å². The molecule has 6 nitrogen and oxygen atoms in total. The number of aromatic nitrogens is 2. The normalized spacial score (nSPS) is 37.6. The highest BCUT2D eigenvalue weighted by molar-refractivity contribution is 9.10. The van der Waals surface area contributed by atoms with E-state index in [0.717, 1.165) is 6.42 Å². The van der Waals surface area contributed by atoms with Gasteiger partial charge in [0.05, 0.1) is 17.2 Å². The first-order chi connectivity index (χ1) is 8.49. The summed E-state index contributed by atoms with van der Waals surface area (Å²) < 4.78 is 1.74. The van der Waals surface area contributed by atoms with Crippen molar-refractivity contribution in [2.24, 2.45) is 11.3 Å². The van der Waals surface area contributed by atoms with Crippen LogP contribution in [-0.2, 0) is 0 Å². The fourth-order valence-electron chi connectivity index (χ4n) is 3.18. The van der Waals surface area contributed by atoms with Gasteiger partial charge in [0.2, 0.25) is 0 Å². The van der Waals surface area contributed by atoms with E-state index in [4.69, 9.17) is 0 Å². The molecule has 1 aromatic heterocycles. The molecule has 0 spiro atoms. The van der Waals surface area contributed by atoms with E-state index in [0.29, 0.717) is 10.9 Å². The van der Waals surface area contributed by atoms with Gasteiger partial charge in [0.25, 0.3) is 5.56 Å². The molecule has 2 aliphatic carbocycles. The van der Waals surface area contributed by atoms with Gasteiger partial charge in [-0.3, -0.25) is 14.3 Å². The Balaban J connectivity index is 2.02. The van der Waals surface area contributed by atoms with Crippen LogP contribution < -0.4 is 11.2 Å². The van der Waals surface area contributed by atoms with Gasteiger partial charge >= 0.3 is 5.69 Å². The summed E-state index contributed by atoms with van der Waals surface area (Å²) in [6.07, 6.45) is 2.03. The Morgan fingerprint density at radius 1 is 1.56 bits per heavy atom. The minimum Gasteiger partial charge on any atom is -0.396 e. The van der Waals surface area contributed by atoms with Gasteiger partial charge in [-0.25, -0.2) is 4.79 Å². The summed E-state index contributed by atoms with van der Waals surface area (Å²) in [4.78, 5) is 25.3. The third-order valence-electron chi connectivity index (χ3n) is 4.35. The fourth-order valence-corrected chi connectivity index (χ4v) is 3.50. The first-order valence-electron chi connectivity index (χ1n) is 5.79. The first kappa shape index (κ1) is 12.1. The standard InChI is InChI=1S/C11H13BrN2O4/c12-6-3-14(10(18)13-9(6)17)7-1-8(16)11(4-15)2-5(7)11/h3,5,7-8,15-16H,1-2,4H2,(H,13,17,18)/t5-,7-,8-,11+/m0/s1. The minimum atomic E-state index is -0.588. The third kappa shape index (κ3) is 1.47. The summed E-state index contributed by atoms with van der Waals surface area (Å²) in [6, 6.07) is -0.159. The van der Waals surface area contributed by atoms with Gasteiger partial charge in [0.1, 0.15) is 0 Å². The number of hydrogen-bond donors (Lipinski definition) is 3. The van der Waals surface area contributed by atoms with Crippen molar-refractivity contribution in [1.29, 1.82) is 0 Å². The van der Waals surface area contributed by atoms with Crippen LogP contribution >= 0.6 is 15.9 Å². The second kappa shape index (κ2) is 3.79. The van der Waals surface area contributed by atoms with Crippen LogP contribution in [0.1, 0.15) is 18.9 Å². The lowest BCUT2D eigenvalue weighted by Crippen LogP contribution is -2.33. The van der Waals surface area contributed by atoms with Gasteiger partial charge in [-0.05, 0) is 34.7 Å². The Kier molecular flexibility index (Phi) is 2.55. The molecule has 0 amide bonds. The first-order valence-corrected chi connectivity index (χ1v) is 6.59. The van der Waals surface area contributed by atoms with E-state index < -0.39 is 22.8 Å². The van der Waals surface area contributed by atoms with E-state index in [1.165, 1.54) is 10.8 Å². The Hall–Kier alpha value is -0.920. The van der Waals surface area contributed by atoms with Gasteiger partial charge in [0.15, 0.2) is 0 Å². The largest absolute Gasteiger partial charge is 0.396 e. The predicted octanol–water partition coefficient (Wildman–Crippen LogP) is -0.397. The Morgan fingerprint density at radius 3 is 2.83 bits per heavy atom. The minimum absolute atomic E-state index is 0.0609. The summed E-state index contributed by atoms with van der Waals surface area (Å²) in [5.41, 5.74) is -1.37. The molecule has 3 rings (SSSR count). The highest BCUT2D eigenvalue weighted by Crippen LogP contribution is 2.66. The molecule has 1 heterocycles. The smallest absolute Gasteiger partial charge is 0.328 e. The average Bonchev–Trinajstić information content (AvgIpc) is 3.01. The van der Waals surface area contributed by atoms with Gasteiger partial charge in [-0.15, -0.1) is 0 Å². The van der Waals surface area contributed by atoms with E-state index in [2.05, 4.69) is 20.9 Å². The Morgan fingerprint density at radius 2 is 2.28 bits per heavy atom. The lowest BCUT2D eigenvalue weighted by atomic mass is 10.0. The van der Waals surface area contributed by atoms with E-state index in [-0.39, 0.29) is 18.6 Å². The molecular formula is C11H13BrN2O4. The molecule has 0 saturated heterocycles. The number of halogens is 1. The van der Waals surface area contributed by atoms with E-state index in [1.54, 1.807) is 0 Å². The number of hydrogen-bond acceptors (Lipinski definition) is 4. The molecule has 2 aliphatic rings. The van der Waals surface area contributed by atoms with Crippen molar-refractivity contribution in [3.05, 3.63) is 31.5 Å². The number of H-pyrrole nitrogens is 1. The molecule has 7 heteroatoms. The quantitative estimate of drug-likeness (QED) is 0.692. The van der Waals surface area contributed by atoms with Crippen molar-refractivity contribution in [1.82, 2.24) is 9.55 Å². The van der Waals surface area contributed by atoms with Crippen molar-refractivity contribution < 1.29 is 10.2 Å². The molecule has 0 radical (unpaired) electrons. The van der Waals surface area contributed by atoms with Crippen molar-refractivity contribution in [2.45, 2.75) is 25.0 Å². The van der Waals surface area contributed by atoms with Crippen LogP contribution in [0.25, 0.3) is 0 Å². The zero-order valence-electron chi connectivity index (χ0n) is 9.47. The van der Waals surface area contributed by atoms with Gasteiger partial charge in [0, 0.05) is 17.7 Å². The number of aliphatic hydroxyl groups excluding tert-OH is 2. The number of rotatable bonds is 2. The maximum absolute atomic E-state index is 11.8. The average molecular weight is 317 g/mol. The molecular weight excluding hydrogens is 304 g/mol. The van der Waals surface area contributed by atoms with Crippen LogP contribution in [-0.4, -0.2) is 32.5 Å². The van der Waals surface area contributed by atoms with E-state index in [9.17, 15) is 19.8 Å². The fraction of sp³-hybridized carbons (Fsp3) is 0.636. The molecule has 2 saturated carbocycles. The molecule has 4 atom stereocenters. The van der Waals surface area contributed by atoms with Crippen molar-refractivity contribution in [2.75, 3.05) is 6.61 Å². The second-order valence-corrected chi connectivity index (χ2v) is 6.02. The SMILES string of the molecule is O=c1[nH]c(=O)n([C@H]2C[C@H](O)[C@@]3(CO)C[C@@H]23)cc1Br. The van der Waals surface area contributed by atoms with Crippen LogP contribution in [0, 0.1) is 11.3 Å². The van der Waals surface area contributed by atoms with E-state index in [1.807, 2.05) is 0 Å². The Labute approximate surface area is 110 Å². The summed E-state index contributed by atoms with van der Waals surface area (Å²) >= 11 is 3.09. The van der Waals surface area contributed by atoms with Crippen LogP contribution in [0.15, 0.2) is 20.3 Å². The monoisotopic (exact) mass is 316 g/mol. The zero-order valence-corrected chi connectivity index (χ0v) is 11.1. The number of aliphatic hydroxyl groups is 2. The zero-order chi connectivity index (χ0) is 13.1. The van der Waals surface area contributed by atoms with Gasteiger partial charge in [-0.2, -0.15) is 0 Å². The summed E-state index contributed by atoms with van der Waals surface area (Å²) in [7, 11) is 0. The van der Waals surface area contributed by atoms with Crippen molar-refractivity contribution in [3.8, 4) is 0 Å². The van der Waals surface area contributed by atoms with Crippen LogP contribution in [0.3, 0.4) is 0 Å². The summed E-state index contributed by atoms with van der Waals surface area (Å²) in [5, 5.41) is 19.3. The molecule has 2 fully saturated rings. The lowest BCUT2D eigenvalue weighted by Gasteiger charge is -2.16. The third-order valence-corrected chi connectivity index (χ3v) is 4.91. The predicted molar refractivity (Wildman–Crippen MR) is 66.3 cm³/mol. The number of nitrogens with zero attached hydrogens (tertiary/aromatic N) is 1. The van der Waals surface area contributed by atoms with Crippen LogP contribution in [0.5, 0.6) is 0 Å². The van der Waals surface area contributed by atoms with Crippen LogP contribution in [0.2, 0.25) is 0 Å². The maximum Gasteiger partial charge on any atom is 0.328 e. The molecule has 18 heavy (non-hydrogen) atoms. The summed E-state index contributed by atoms with van der Waals surface area (Å²) in [6.45, 7) is -0.0609. The molecule has 0 unspecified atom stereocenters. The topological polar surface area (TPSA) is 95.3 Å². The number of nitrogens with one attached hydrogen (secondary N) is 1. The van der Waals surface area contributed by atoms with Gasteiger partial charge in [-0.1, -0.05) is 0 Å². The highest BCUT2D eigenvalue weighted by atomic mass is 79.9. The molecule has 3 N–H and O–H groups in total. The highest BCUT2D eigenvalue weighted by Gasteiger charge is 2.67. The van der Waals surface area contributed by atoms with Crippen molar-refractivity contribution >= 4 is 15.9 Å². The molecule has 98 valence electrons. The second-order valence-electron chi connectivity index (χ2n) is 5.16. The summed E-state index contributed by atoms with van der Waals surface area (Å²) in [5.74, 6) is 0.105. The molecule has 0 aromatic carbocycles. The lowest BCUT2D eigenvalue weighted by molar-refractivity contribution is 0.0599. The molecule has 0 aliphatic heterocycles. The number of fused-ring (bicyclic) bond motifs is 1. The Bertz CT molecular complexity index is 610. The number of aromatic amines is 1. The molecule has 1 aromatic rings. The van der Waals surface area contributed by atoms with Gasteiger partial charge < -0.3 is 10.2 Å². The van der Waals surface area contributed by atoms with Crippen LogP contribution in [0.4, 0.5) is 0 Å².